The molecule has 116 valence electrons. The number of rotatable bonds is 5. The number of esters is 1. The summed E-state index contributed by atoms with van der Waals surface area (Å²) in [6.45, 7) is 4.25. The van der Waals surface area contributed by atoms with Crippen molar-refractivity contribution in [2.75, 3.05) is 13.2 Å². The second kappa shape index (κ2) is 7.70. The first kappa shape index (κ1) is 16.2. The highest BCUT2D eigenvalue weighted by Crippen LogP contribution is 2.24. The molecule has 0 saturated carbocycles. The van der Waals surface area contributed by atoms with Crippen molar-refractivity contribution in [2.45, 2.75) is 20.3 Å². The van der Waals surface area contributed by atoms with Crippen molar-refractivity contribution < 1.29 is 14.3 Å². The summed E-state index contributed by atoms with van der Waals surface area (Å²) in [6.07, 6.45) is 0.577. The maximum Gasteiger partial charge on any atom is 0.396 e. The van der Waals surface area contributed by atoms with Gasteiger partial charge in [0.1, 0.15) is 5.01 Å². The van der Waals surface area contributed by atoms with Crippen LogP contribution in [0.2, 0.25) is 0 Å². The molecule has 0 aliphatic rings. The maximum absolute atomic E-state index is 11.4. The van der Waals surface area contributed by atoms with E-state index in [4.69, 9.17) is 0 Å². The third kappa shape index (κ3) is 4.39. The minimum absolute atomic E-state index is 0.193. The van der Waals surface area contributed by atoms with Gasteiger partial charge >= 0.3 is 11.9 Å². The number of hydrogen-bond acceptors (Lipinski definition) is 5. The monoisotopic (exact) mass is 318 g/mol. The molecule has 22 heavy (non-hydrogen) atoms. The molecule has 0 radical (unpaired) electrons. The first-order valence-corrected chi connectivity index (χ1v) is 7.94. The summed E-state index contributed by atoms with van der Waals surface area (Å²) in [5.74, 6) is -1.56. The zero-order valence-electron chi connectivity index (χ0n) is 12.6. The molecule has 5 nitrogen and oxygen atoms in total. The lowest BCUT2D eigenvalue weighted by Gasteiger charge is -2.03. The van der Waals surface area contributed by atoms with Crippen LogP contribution in [0.1, 0.15) is 18.2 Å². The fourth-order valence-electron chi connectivity index (χ4n) is 1.82. The van der Waals surface area contributed by atoms with E-state index in [2.05, 4.69) is 27.2 Å². The minimum atomic E-state index is -0.846. The quantitative estimate of drug-likeness (QED) is 0.679. The van der Waals surface area contributed by atoms with Gasteiger partial charge in [0.2, 0.25) is 0 Å². The average molecular weight is 318 g/mol. The van der Waals surface area contributed by atoms with Gasteiger partial charge in [0.25, 0.3) is 0 Å². The summed E-state index contributed by atoms with van der Waals surface area (Å²) in [6, 6.07) is 8.19. The van der Waals surface area contributed by atoms with Crippen LogP contribution in [0, 0.1) is 6.92 Å². The smallest absolute Gasteiger partial charge is 0.396 e. The Balaban J connectivity index is 1.86. The molecule has 0 saturated heterocycles. The molecule has 2 aromatic rings. The maximum atomic E-state index is 11.4. The van der Waals surface area contributed by atoms with E-state index in [1.807, 2.05) is 24.4 Å². The molecule has 0 atom stereocenters. The van der Waals surface area contributed by atoms with Gasteiger partial charge in [-0.15, -0.1) is 11.3 Å². The number of aryl methyl sites for hydroxylation is 1. The number of nitrogens with zero attached hydrogens (tertiary/aromatic N) is 1. The highest BCUT2D eigenvalue weighted by Gasteiger charge is 2.13. The highest BCUT2D eigenvalue weighted by atomic mass is 32.1. The van der Waals surface area contributed by atoms with Crippen LogP contribution in [0.25, 0.3) is 10.6 Å². The molecule has 1 heterocycles. The van der Waals surface area contributed by atoms with E-state index in [0.717, 1.165) is 16.3 Å². The molecule has 1 N–H and O–H groups in total. The van der Waals surface area contributed by atoms with Gasteiger partial charge in [0.05, 0.1) is 12.3 Å². The number of benzene rings is 1. The molecule has 0 fully saturated rings. The number of nitrogens with one attached hydrogen (secondary N) is 1. The number of thiazole rings is 1. The summed E-state index contributed by atoms with van der Waals surface area (Å²) in [5, 5.41) is 5.44. The van der Waals surface area contributed by atoms with E-state index in [0.29, 0.717) is 13.0 Å². The van der Waals surface area contributed by atoms with Crippen molar-refractivity contribution >= 4 is 23.2 Å². The number of carbonyl (C=O) groups is 2. The number of aromatic nitrogens is 1. The van der Waals surface area contributed by atoms with Gasteiger partial charge in [0.15, 0.2) is 0 Å². The molecule has 0 aliphatic carbocycles. The summed E-state index contributed by atoms with van der Waals surface area (Å²) >= 11 is 1.57. The van der Waals surface area contributed by atoms with Crippen LogP contribution in [0.3, 0.4) is 0 Å². The summed E-state index contributed by atoms with van der Waals surface area (Å²) < 4.78 is 4.61. The molecule has 1 amide bonds. The second-order valence-electron chi connectivity index (χ2n) is 4.74. The Morgan fingerprint density at radius 1 is 1.27 bits per heavy atom. The van der Waals surface area contributed by atoms with Crippen molar-refractivity contribution in [3.05, 3.63) is 40.9 Å². The Morgan fingerprint density at radius 2 is 2.00 bits per heavy atom. The van der Waals surface area contributed by atoms with Crippen LogP contribution in [-0.4, -0.2) is 30.0 Å². The van der Waals surface area contributed by atoms with Crippen molar-refractivity contribution in [3.63, 3.8) is 0 Å². The van der Waals surface area contributed by atoms with Crippen LogP contribution in [-0.2, 0) is 20.7 Å². The van der Waals surface area contributed by atoms with Gasteiger partial charge < -0.3 is 10.1 Å². The molecular formula is C16H18N2O3S. The Labute approximate surface area is 133 Å². The number of ether oxygens (including phenoxy) is 1. The molecule has 0 bridgehead atoms. The third-order valence-electron chi connectivity index (χ3n) is 2.98. The zero-order chi connectivity index (χ0) is 15.9. The predicted octanol–water partition coefficient (Wildman–Crippen LogP) is 2.34. The number of carbonyl (C=O) groups excluding carboxylic acids is 2. The Bertz CT molecular complexity index is 650. The van der Waals surface area contributed by atoms with E-state index in [1.165, 1.54) is 5.56 Å². The molecule has 1 aromatic heterocycles. The SMILES string of the molecule is CCOC(=O)C(=O)NCCc1csc(-c2ccc(C)cc2)n1. The zero-order valence-corrected chi connectivity index (χ0v) is 13.4. The Hall–Kier alpha value is -2.21. The highest BCUT2D eigenvalue weighted by molar-refractivity contribution is 7.13. The van der Waals surface area contributed by atoms with Crippen molar-refractivity contribution in [1.29, 1.82) is 0 Å². The summed E-state index contributed by atoms with van der Waals surface area (Å²) in [4.78, 5) is 27.1. The van der Waals surface area contributed by atoms with E-state index in [1.54, 1.807) is 18.3 Å². The molecule has 0 unspecified atom stereocenters. The molecule has 2 rings (SSSR count). The standard InChI is InChI=1S/C16H18N2O3S/c1-3-21-16(20)14(19)17-9-8-13-10-22-15(18-13)12-6-4-11(2)5-7-12/h4-7,10H,3,8-9H2,1-2H3,(H,17,19). The molecule has 0 spiro atoms. The van der Waals surface area contributed by atoms with E-state index in [9.17, 15) is 9.59 Å². The van der Waals surface area contributed by atoms with Crippen molar-refractivity contribution in [3.8, 4) is 10.6 Å². The topological polar surface area (TPSA) is 68.3 Å². The number of hydrogen-bond donors (Lipinski definition) is 1. The van der Waals surface area contributed by atoms with E-state index >= 15 is 0 Å². The lowest BCUT2D eigenvalue weighted by molar-refractivity contribution is -0.154. The van der Waals surface area contributed by atoms with Gasteiger partial charge in [-0.05, 0) is 13.8 Å². The van der Waals surface area contributed by atoms with Crippen molar-refractivity contribution in [2.24, 2.45) is 0 Å². The lowest BCUT2D eigenvalue weighted by Crippen LogP contribution is -2.33. The van der Waals surface area contributed by atoms with Crippen LogP contribution < -0.4 is 5.32 Å². The second-order valence-corrected chi connectivity index (χ2v) is 5.59. The van der Waals surface area contributed by atoms with Gasteiger partial charge in [-0.2, -0.15) is 0 Å². The van der Waals surface area contributed by atoms with Crippen LogP contribution >= 0.6 is 11.3 Å². The normalized spacial score (nSPS) is 10.3. The Morgan fingerprint density at radius 3 is 2.68 bits per heavy atom. The largest absolute Gasteiger partial charge is 0.459 e. The fraction of sp³-hybridized carbons (Fsp3) is 0.312. The molecule has 0 aliphatic heterocycles. The molecule has 1 aromatic carbocycles. The van der Waals surface area contributed by atoms with Crippen LogP contribution in [0.5, 0.6) is 0 Å². The van der Waals surface area contributed by atoms with E-state index < -0.39 is 11.9 Å². The van der Waals surface area contributed by atoms with Crippen LogP contribution in [0.4, 0.5) is 0 Å². The molecule has 6 heteroatoms. The van der Waals surface area contributed by atoms with Crippen molar-refractivity contribution in [1.82, 2.24) is 10.3 Å². The first-order chi connectivity index (χ1) is 10.6. The fourth-order valence-corrected chi connectivity index (χ4v) is 2.68. The van der Waals surface area contributed by atoms with E-state index in [-0.39, 0.29) is 6.61 Å². The predicted molar refractivity (Wildman–Crippen MR) is 85.6 cm³/mol. The third-order valence-corrected chi connectivity index (χ3v) is 3.92. The van der Waals surface area contributed by atoms with Gasteiger partial charge in [-0.1, -0.05) is 29.8 Å². The Kier molecular flexibility index (Phi) is 5.66. The number of amides is 1. The van der Waals surface area contributed by atoms with Gasteiger partial charge in [-0.3, -0.25) is 4.79 Å². The van der Waals surface area contributed by atoms with Crippen LogP contribution in [0.15, 0.2) is 29.6 Å². The molecular weight excluding hydrogens is 300 g/mol. The summed E-state index contributed by atoms with van der Waals surface area (Å²) in [5.41, 5.74) is 3.18. The van der Waals surface area contributed by atoms with Gasteiger partial charge in [0, 0.05) is 23.9 Å². The average Bonchev–Trinajstić information content (AvgIpc) is 2.97. The lowest BCUT2D eigenvalue weighted by atomic mass is 10.2. The minimum Gasteiger partial charge on any atom is -0.459 e. The van der Waals surface area contributed by atoms with Gasteiger partial charge in [-0.25, -0.2) is 9.78 Å². The first-order valence-electron chi connectivity index (χ1n) is 7.06. The summed E-state index contributed by atoms with van der Waals surface area (Å²) in [7, 11) is 0.